The number of ether oxygens (including phenoxy) is 1. The molecule has 104 valence electrons. The molecule has 1 aliphatic heterocycles. The molecule has 1 fully saturated rings. The van der Waals surface area contributed by atoms with Crippen LogP contribution in [0.25, 0.3) is 0 Å². The van der Waals surface area contributed by atoms with Gasteiger partial charge in [0.25, 0.3) is 5.91 Å². The molecule has 1 saturated heterocycles. The molecule has 2 rings (SSSR count). The number of carbonyl (C=O) groups is 1. The Morgan fingerprint density at radius 2 is 2.32 bits per heavy atom. The Morgan fingerprint density at radius 1 is 1.53 bits per heavy atom. The van der Waals surface area contributed by atoms with Gasteiger partial charge < -0.3 is 15.4 Å². The molecule has 5 nitrogen and oxygen atoms in total. The zero-order valence-corrected chi connectivity index (χ0v) is 11.4. The lowest BCUT2D eigenvalue weighted by Crippen LogP contribution is -2.34. The first-order chi connectivity index (χ1) is 9.27. The van der Waals surface area contributed by atoms with Gasteiger partial charge in [0, 0.05) is 18.9 Å². The maximum Gasteiger partial charge on any atom is 0.252 e. The summed E-state index contributed by atoms with van der Waals surface area (Å²) in [7, 11) is 0. The fourth-order valence-electron chi connectivity index (χ4n) is 2.01. The van der Waals surface area contributed by atoms with Gasteiger partial charge in [0.2, 0.25) is 0 Å². The Balaban J connectivity index is 1.68. The minimum absolute atomic E-state index is 0.193. The van der Waals surface area contributed by atoms with Crippen molar-refractivity contribution < 1.29 is 9.53 Å². The van der Waals surface area contributed by atoms with E-state index in [1.54, 1.807) is 12.3 Å². The van der Waals surface area contributed by atoms with E-state index in [1.165, 1.54) is 6.20 Å². The highest BCUT2D eigenvalue weighted by Gasteiger charge is 2.13. The molecule has 1 amide bonds. The van der Waals surface area contributed by atoms with Crippen molar-refractivity contribution in [1.82, 2.24) is 15.6 Å². The van der Waals surface area contributed by atoms with Crippen molar-refractivity contribution in [3.63, 3.8) is 0 Å². The molecular weight excluding hydrogens is 266 g/mol. The lowest BCUT2D eigenvalue weighted by atomic mass is 10.1. The maximum atomic E-state index is 11.8. The van der Waals surface area contributed by atoms with Crippen LogP contribution in [0, 0.1) is 0 Å². The summed E-state index contributed by atoms with van der Waals surface area (Å²) < 4.78 is 5.70. The SMILES string of the molecule is O=C(NCCOC1CCNCC1)c1ccncc1Cl. The number of aromatic nitrogens is 1. The predicted octanol–water partition coefficient (Wildman–Crippen LogP) is 1.23. The van der Waals surface area contributed by atoms with Crippen molar-refractivity contribution >= 4 is 17.5 Å². The monoisotopic (exact) mass is 283 g/mol. The lowest BCUT2D eigenvalue weighted by Gasteiger charge is -2.22. The third kappa shape index (κ3) is 4.45. The largest absolute Gasteiger partial charge is 0.376 e. The van der Waals surface area contributed by atoms with Crippen LogP contribution in [0.15, 0.2) is 18.5 Å². The number of hydrogen-bond acceptors (Lipinski definition) is 4. The maximum absolute atomic E-state index is 11.8. The molecule has 2 heterocycles. The molecule has 6 heteroatoms. The average molecular weight is 284 g/mol. The van der Waals surface area contributed by atoms with Gasteiger partial charge in [-0.3, -0.25) is 9.78 Å². The van der Waals surface area contributed by atoms with Crippen molar-refractivity contribution in [3.8, 4) is 0 Å². The number of nitrogens with zero attached hydrogens (tertiary/aromatic N) is 1. The number of carbonyl (C=O) groups excluding carboxylic acids is 1. The standard InChI is InChI=1S/C13H18ClN3O2/c14-12-9-16-6-3-11(12)13(18)17-7-8-19-10-1-4-15-5-2-10/h3,6,9-10,15H,1-2,4-5,7-8H2,(H,17,18). The van der Waals surface area contributed by atoms with Gasteiger partial charge >= 0.3 is 0 Å². The van der Waals surface area contributed by atoms with Crippen molar-refractivity contribution in [3.05, 3.63) is 29.0 Å². The molecule has 0 spiro atoms. The molecule has 0 atom stereocenters. The van der Waals surface area contributed by atoms with Crippen LogP contribution in [0.3, 0.4) is 0 Å². The summed E-state index contributed by atoms with van der Waals surface area (Å²) in [5.74, 6) is -0.193. The summed E-state index contributed by atoms with van der Waals surface area (Å²) in [6.45, 7) is 3.02. The number of pyridine rings is 1. The molecule has 0 aliphatic carbocycles. The van der Waals surface area contributed by atoms with E-state index in [0.717, 1.165) is 25.9 Å². The fourth-order valence-corrected chi connectivity index (χ4v) is 2.21. The van der Waals surface area contributed by atoms with Crippen molar-refractivity contribution in [2.45, 2.75) is 18.9 Å². The molecule has 0 unspecified atom stereocenters. The molecule has 2 N–H and O–H groups in total. The molecule has 19 heavy (non-hydrogen) atoms. The summed E-state index contributed by atoms with van der Waals surface area (Å²) in [6, 6.07) is 1.60. The van der Waals surface area contributed by atoms with E-state index in [-0.39, 0.29) is 5.91 Å². The highest BCUT2D eigenvalue weighted by molar-refractivity contribution is 6.33. The van der Waals surface area contributed by atoms with Gasteiger partial charge in [-0.25, -0.2) is 0 Å². The van der Waals surface area contributed by atoms with Gasteiger partial charge in [0.05, 0.1) is 23.3 Å². The summed E-state index contributed by atoms with van der Waals surface area (Å²) in [5, 5.41) is 6.43. The number of amides is 1. The molecule has 1 aliphatic rings. The van der Waals surface area contributed by atoms with Crippen LogP contribution >= 0.6 is 11.6 Å². The Bertz CT molecular complexity index is 422. The van der Waals surface area contributed by atoms with Crippen LogP contribution in [0.1, 0.15) is 23.2 Å². The normalized spacial score (nSPS) is 16.3. The van der Waals surface area contributed by atoms with Gasteiger partial charge in [-0.05, 0) is 32.0 Å². The van der Waals surface area contributed by atoms with Crippen LogP contribution < -0.4 is 10.6 Å². The van der Waals surface area contributed by atoms with Gasteiger partial charge in [-0.2, -0.15) is 0 Å². The van der Waals surface area contributed by atoms with Crippen LogP contribution in [0.4, 0.5) is 0 Å². The van der Waals surface area contributed by atoms with Crippen molar-refractivity contribution in [2.75, 3.05) is 26.2 Å². The molecule has 0 bridgehead atoms. The smallest absolute Gasteiger partial charge is 0.252 e. The van der Waals surface area contributed by atoms with E-state index < -0.39 is 0 Å². The number of nitrogens with one attached hydrogen (secondary N) is 2. The van der Waals surface area contributed by atoms with Crippen LogP contribution in [-0.2, 0) is 4.74 Å². The first kappa shape index (κ1) is 14.2. The van der Waals surface area contributed by atoms with Crippen molar-refractivity contribution in [2.24, 2.45) is 0 Å². The average Bonchev–Trinajstić information content (AvgIpc) is 2.45. The van der Waals surface area contributed by atoms with E-state index >= 15 is 0 Å². The quantitative estimate of drug-likeness (QED) is 0.798. The van der Waals surface area contributed by atoms with Crippen LogP contribution in [0.5, 0.6) is 0 Å². The lowest BCUT2D eigenvalue weighted by molar-refractivity contribution is 0.0343. The second-order valence-electron chi connectivity index (χ2n) is 4.43. The Morgan fingerprint density at radius 3 is 3.05 bits per heavy atom. The van der Waals surface area contributed by atoms with Gasteiger partial charge in [0.15, 0.2) is 0 Å². The second-order valence-corrected chi connectivity index (χ2v) is 4.84. The molecule has 1 aromatic rings. The Labute approximate surface area is 117 Å². The summed E-state index contributed by atoms with van der Waals surface area (Å²) in [6.07, 6.45) is 5.38. The van der Waals surface area contributed by atoms with Gasteiger partial charge in [-0.15, -0.1) is 0 Å². The van der Waals surface area contributed by atoms with E-state index in [1.807, 2.05) is 0 Å². The fraction of sp³-hybridized carbons (Fsp3) is 0.538. The Kier molecular flexibility index (Phi) is 5.57. The third-order valence-corrected chi connectivity index (χ3v) is 3.35. The first-order valence-corrected chi connectivity index (χ1v) is 6.85. The minimum Gasteiger partial charge on any atom is -0.376 e. The molecule has 0 radical (unpaired) electrons. The van der Waals surface area contributed by atoms with E-state index in [9.17, 15) is 4.79 Å². The van der Waals surface area contributed by atoms with E-state index in [4.69, 9.17) is 16.3 Å². The topological polar surface area (TPSA) is 63.2 Å². The van der Waals surface area contributed by atoms with Crippen molar-refractivity contribution in [1.29, 1.82) is 0 Å². The Hall–Kier alpha value is -1.17. The molecule has 0 saturated carbocycles. The van der Waals surface area contributed by atoms with Gasteiger partial charge in [-0.1, -0.05) is 11.6 Å². The minimum atomic E-state index is -0.193. The number of rotatable bonds is 5. The highest BCUT2D eigenvalue weighted by atomic mass is 35.5. The summed E-state index contributed by atoms with van der Waals surface area (Å²) >= 11 is 5.89. The van der Waals surface area contributed by atoms with Gasteiger partial charge in [0.1, 0.15) is 0 Å². The predicted molar refractivity (Wildman–Crippen MR) is 73.4 cm³/mol. The first-order valence-electron chi connectivity index (χ1n) is 6.47. The summed E-state index contributed by atoms with van der Waals surface area (Å²) in [5.41, 5.74) is 0.443. The zero-order valence-electron chi connectivity index (χ0n) is 10.7. The zero-order chi connectivity index (χ0) is 13.5. The van der Waals surface area contributed by atoms with Crippen LogP contribution in [-0.4, -0.2) is 43.2 Å². The summed E-state index contributed by atoms with van der Waals surface area (Å²) in [4.78, 5) is 15.7. The number of halogens is 1. The number of piperidine rings is 1. The molecular formula is C13H18ClN3O2. The number of hydrogen-bond donors (Lipinski definition) is 2. The van der Waals surface area contributed by atoms with E-state index in [0.29, 0.717) is 29.8 Å². The molecule has 1 aromatic heterocycles. The van der Waals surface area contributed by atoms with E-state index in [2.05, 4.69) is 15.6 Å². The highest BCUT2D eigenvalue weighted by Crippen LogP contribution is 2.12. The van der Waals surface area contributed by atoms with Crippen LogP contribution in [0.2, 0.25) is 5.02 Å². The third-order valence-electron chi connectivity index (χ3n) is 3.04. The second kappa shape index (κ2) is 7.43. The molecule has 0 aromatic carbocycles.